The zero-order valence-corrected chi connectivity index (χ0v) is 14.8. The van der Waals surface area contributed by atoms with Crippen molar-refractivity contribution in [3.8, 4) is 0 Å². The van der Waals surface area contributed by atoms with Crippen LogP contribution in [0.15, 0.2) is 35.4 Å². The van der Waals surface area contributed by atoms with E-state index in [9.17, 15) is 9.59 Å². The molecule has 3 rings (SSSR count). The first kappa shape index (κ1) is 17.6. The van der Waals surface area contributed by atoms with Gasteiger partial charge < -0.3 is 5.32 Å². The van der Waals surface area contributed by atoms with Crippen molar-refractivity contribution in [3.63, 3.8) is 0 Å². The van der Waals surface area contributed by atoms with Gasteiger partial charge in [-0.1, -0.05) is 37.3 Å². The highest BCUT2D eigenvalue weighted by molar-refractivity contribution is 6.39. The zero-order valence-electron chi connectivity index (χ0n) is 14.8. The molecule has 134 valence electrons. The average molecular weight is 342 g/mol. The first-order valence-corrected chi connectivity index (χ1v) is 9.11. The Morgan fingerprint density at radius 2 is 2.08 bits per heavy atom. The zero-order chi connectivity index (χ0) is 17.6. The minimum absolute atomic E-state index is 0.0339. The molecule has 2 amide bonds. The molecule has 0 aliphatic carbocycles. The fraction of sp³-hybridized carbons (Fsp3) is 0.526. The van der Waals surface area contributed by atoms with E-state index in [-0.39, 0.29) is 11.8 Å². The van der Waals surface area contributed by atoms with Crippen LogP contribution in [0, 0.1) is 0 Å². The smallest absolute Gasteiger partial charge is 0.267 e. The minimum Gasteiger partial charge on any atom is -0.349 e. The fourth-order valence-electron chi connectivity index (χ4n) is 3.50. The predicted molar refractivity (Wildman–Crippen MR) is 96.9 cm³/mol. The summed E-state index contributed by atoms with van der Waals surface area (Å²) in [7, 11) is 0. The van der Waals surface area contributed by atoms with E-state index in [2.05, 4.69) is 22.2 Å². The number of nitrogens with zero attached hydrogens (tertiary/aromatic N) is 3. The van der Waals surface area contributed by atoms with Gasteiger partial charge in [-0.05, 0) is 31.5 Å². The van der Waals surface area contributed by atoms with E-state index in [0.29, 0.717) is 37.7 Å². The van der Waals surface area contributed by atoms with Crippen molar-refractivity contribution < 1.29 is 9.59 Å². The number of hydrogen-bond donors (Lipinski definition) is 1. The molecule has 0 bridgehead atoms. The highest BCUT2D eigenvalue weighted by Gasteiger charge is 2.27. The van der Waals surface area contributed by atoms with Crippen LogP contribution >= 0.6 is 0 Å². The molecular weight excluding hydrogens is 316 g/mol. The summed E-state index contributed by atoms with van der Waals surface area (Å²) in [6.45, 7) is 5.33. The molecule has 0 radical (unpaired) electrons. The maximum Gasteiger partial charge on any atom is 0.267 e. The predicted octanol–water partition coefficient (Wildman–Crippen LogP) is 1.77. The van der Waals surface area contributed by atoms with E-state index in [0.717, 1.165) is 25.1 Å². The Morgan fingerprint density at radius 3 is 2.84 bits per heavy atom. The molecule has 1 saturated heterocycles. The van der Waals surface area contributed by atoms with E-state index < -0.39 is 0 Å². The molecular formula is C19H26N4O2. The van der Waals surface area contributed by atoms with Crippen molar-refractivity contribution in [1.29, 1.82) is 0 Å². The van der Waals surface area contributed by atoms with E-state index in [1.807, 2.05) is 30.3 Å². The van der Waals surface area contributed by atoms with Crippen molar-refractivity contribution in [2.45, 2.75) is 45.2 Å². The third-order valence-electron chi connectivity index (χ3n) is 4.95. The average Bonchev–Trinajstić information content (AvgIpc) is 3.10. The molecule has 0 saturated carbocycles. The van der Waals surface area contributed by atoms with Crippen molar-refractivity contribution >= 4 is 17.5 Å². The summed E-state index contributed by atoms with van der Waals surface area (Å²) in [6, 6.07) is 10.1. The molecule has 6 heteroatoms. The molecule has 1 aromatic carbocycles. The second-order valence-corrected chi connectivity index (χ2v) is 6.62. The SMILES string of the molecule is CCN1CCC[C@@H]1CNC(=O)C1=NN(Cc2ccccc2)C(=O)CC1. The Labute approximate surface area is 148 Å². The lowest BCUT2D eigenvalue weighted by Crippen LogP contribution is -2.44. The van der Waals surface area contributed by atoms with E-state index in [1.54, 1.807) is 0 Å². The van der Waals surface area contributed by atoms with E-state index >= 15 is 0 Å². The van der Waals surface area contributed by atoms with E-state index in [4.69, 9.17) is 0 Å². The summed E-state index contributed by atoms with van der Waals surface area (Å²) in [5.74, 6) is -0.179. The number of amides is 2. The quantitative estimate of drug-likeness (QED) is 0.857. The van der Waals surface area contributed by atoms with Crippen LogP contribution in [0.4, 0.5) is 0 Å². The fourth-order valence-corrected chi connectivity index (χ4v) is 3.50. The van der Waals surface area contributed by atoms with Crippen LogP contribution in [0.1, 0.15) is 38.2 Å². The summed E-state index contributed by atoms with van der Waals surface area (Å²) in [4.78, 5) is 26.9. The van der Waals surface area contributed by atoms with Crippen LogP contribution in [-0.2, 0) is 16.1 Å². The standard InChI is InChI=1S/C19H26N4O2/c1-2-22-12-6-9-16(22)13-20-19(25)17-10-11-18(24)23(21-17)14-15-7-4-3-5-8-15/h3-5,7-8,16H,2,6,9-14H2,1H3,(H,20,25)/t16-/m1/s1. The number of carbonyl (C=O) groups is 2. The Hall–Kier alpha value is -2.21. The summed E-state index contributed by atoms with van der Waals surface area (Å²) in [5, 5.41) is 8.74. The monoisotopic (exact) mass is 342 g/mol. The van der Waals surface area contributed by atoms with Crippen LogP contribution in [0.25, 0.3) is 0 Å². The molecule has 0 spiro atoms. The third-order valence-corrected chi connectivity index (χ3v) is 4.95. The van der Waals surface area contributed by atoms with Gasteiger partial charge in [0.05, 0.1) is 6.54 Å². The topological polar surface area (TPSA) is 65.0 Å². The van der Waals surface area contributed by atoms with Gasteiger partial charge in [0.2, 0.25) is 5.91 Å². The molecule has 2 aliphatic rings. The minimum atomic E-state index is -0.145. The Balaban J connectivity index is 1.59. The number of benzene rings is 1. The van der Waals surface area contributed by atoms with Crippen LogP contribution in [0.3, 0.4) is 0 Å². The number of carbonyl (C=O) groups excluding carboxylic acids is 2. The number of hydrogen-bond acceptors (Lipinski definition) is 4. The molecule has 1 atom stereocenters. The molecule has 6 nitrogen and oxygen atoms in total. The molecule has 1 aromatic rings. The lowest BCUT2D eigenvalue weighted by atomic mass is 10.1. The molecule has 1 N–H and O–H groups in total. The molecule has 2 heterocycles. The normalized spacial score (nSPS) is 21.3. The van der Waals surface area contributed by atoms with Crippen molar-refractivity contribution in [1.82, 2.24) is 15.2 Å². The summed E-state index contributed by atoms with van der Waals surface area (Å²) in [6.07, 6.45) is 3.07. The number of hydrazone groups is 1. The maximum absolute atomic E-state index is 12.5. The summed E-state index contributed by atoms with van der Waals surface area (Å²) < 4.78 is 0. The first-order chi connectivity index (χ1) is 12.2. The van der Waals surface area contributed by atoms with Crippen molar-refractivity contribution in [2.75, 3.05) is 19.6 Å². The summed E-state index contributed by atoms with van der Waals surface area (Å²) >= 11 is 0. The third kappa shape index (κ3) is 4.45. The van der Waals surface area contributed by atoms with Crippen LogP contribution in [0.2, 0.25) is 0 Å². The number of nitrogens with one attached hydrogen (secondary N) is 1. The van der Waals surface area contributed by atoms with Crippen molar-refractivity contribution in [3.05, 3.63) is 35.9 Å². The van der Waals surface area contributed by atoms with Crippen LogP contribution < -0.4 is 5.32 Å². The van der Waals surface area contributed by atoms with Gasteiger partial charge in [-0.3, -0.25) is 14.5 Å². The number of rotatable bonds is 6. The number of likely N-dealkylation sites (tertiary alicyclic amines) is 1. The van der Waals surface area contributed by atoms with Gasteiger partial charge in [0, 0.05) is 25.4 Å². The van der Waals surface area contributed by atoms with Gasteiger partial charge in [0.25, 0.3) is 5.91 Å². The van der Waals surface area contributed by atoms with E-state index in [1.165, 1.54) is 11.4 Å². The summed E-state index contributed by atoms with van der Waals surface area (Å²) in [5.41, 5.74) is 1.46. The second kappa shape index (κ2) is 8.25. The highest BCUT2D eigenvalue weighted by atomic mass is 16.2. The maximum atomic E-state index is 12.5. The van der Waals surface area contributed by atoms with Gasteiger partial charge in [-0.25, -0.2) is 5.01 Å². The lowest BCUT2D eigenvalue weighted by Gasteiger charge is -2.25. The van der Waals surface area contributed by atoms with Crippen LogP contribution in [0.5, 0.6) is 0 Å². The lowest BCUT2D eigenvalue weighted by molar-refractivity contribution is -0.132. The second-order valence-electron chi connectivity index (χ2n) is 6.62. The van der Waals surface area contributed by atoms with Gasteiger partial charge in [-0.15, -0.1) is 0 Å². The highest BCUT2D eigenvalue weighted by Crippen LogP contribution is 2.16. The molecule has 0 unspecified atom stereocenters. The van der Waals surface area contributed by atoms with Crippen molar-refractivity contribution in [2.24, 2.45) is 5.10 Å². The largest absolute Gasteiger partial charge is 0.349 e. The molecule has 0 aromatic heterocycles. The van der Waals surface area contributed by atoms with Gasteiger partial charge >= 0.3 is 0 Å². The number of likely N-dealkylation sites (N-methyl/N-ethyl adjacent to an activating group) is 1. The molecule has 25 heavy (non-hydrogen) atoms. The van der Waals surface area contributed by atoms with Gasteiger partial charge in [0.1, 0.15) is 5.71 Å². The molecule has 2 aliphatic heterocycles. The van der Waals surface area contributed by atoms with Gasteiger partial charge in [-0.2, -0.15) is 5.10 Å². The Morgan fingerprint density at radius 1 is 1.28 bits per heavy atom. The van der Waals surface area contributed by atoms with Gasteiger partial charge in [0.15, 0.2) is 0 Å². The molecule has 1 fully saturated rings. The van der Waals surface area contributed by atoms with Crippen LogP contribution in [-0.4, -0.2) is 53.1 Å². The Kier molecular flexibility index (Phi) is 5.81. The Bertz CT molecular complexity index is 644. The first-order valence-electron chi connectivity index (χ1n) is 9.11.